The Kier molecular flexibility index (Phi) is 5.43. The second-order valence-corrected chi connectivity index (χ2v) is 7.70. The number of sulfonamides is 1. The van der Waals surface area contributed by atoms with Crippen molar-refractivity contribution in [2.75, 3.05) is 18.4 Å². The minimum Gasteiger partial charge on any atom is -0.206 e. The lowest BCUT2D eigenvalue weighted by Crippen LogP contribution is -2.32. The van der Waals surface area contributed by atoms with Crippen molar-refractivity contribution in [1.29, 1.82) is 0 Å². The predicted molar refractivity (Wildman–Crippen MR) is 71.9 cm³/mol. The zero-order valence-electron chi connectivity index (χ0n) is 9.44. The largest absolute Gasteiger partial charge is 0.252 e. The van der Waals surface area contributed by atoms with E-state index in [9.17, 15) is 8.42 Å². The van der Waals surface area contributed by atoms with Crippen molar-refractivity contribution < 1.29 is 8.42 Å². The van der Waals surface area contributed by atoms with Crippen molar-refractivity contribution in [3.63, 3.8) is 0 Å². The summed E-state index contributed by atoms with van der Waals surface area (Å²) >= 11 is 4.62. The molecule has 0 spiro atoms. The van der Waals surface area contributed by atoms with E-state index in [4.69, 9.17) is 0 Å². The van der Waals surface area contributed by atoms with Crippen molar-refractivity contribution in [2.45, 2.75) is 24.5 Å². The fraction of sp³-hybridized carbons (Fsp3) is 0.600. The van der Waals surface area contributed by atoms with Crippen LogP contribution >= 0.6 is 27.3 Å². The molecule has 1 aromatic heterocycles. The van der Waals surface area contributed by atoms with Gasteiger partial charge in [-0.15, -0.1) is 11.3 Å². The molecule has 3 nitrogen and oxygen atoms in total. The summed E-state index contributed by atoms with van der Waals surface area (Å²) in [6, 6.07) is 3.53. The third-order valence-corrected chi connectivity index (χ3v) is 5.84. The average molecular weight is 326 g/mol. The van der Waals surface area contributed by atoms with Crippen LogP contribution in [0.5, 0.6) is 0 Å². The van der Waals surface area contributed by atoms with Gasteiger partial charge in [0, 0.05) is 23.3 Å². The minimum atomic E-state index is -3.28. The summed E-state index contributed by atoms with van der Waals surface area (Å²) < 4.78 is 26.5. The highest BCUT2D eigenvalue weighted by Gasteiger charge is 2.24. The monoisotopic (exact) mass is 325 g/mol. The first-order valence-corrected chi connectivity index (χ1v) is 8.52. The number of hydrogen-bond donors (Lipinski definition) is 0. The first kappa shape index (κ1) is 14.2. The Bertz CT molecular complexity index is 422. The Morgan fingerprint density at radius 1 is 1.38 bits per heavy atom. The van der Waals surface area contributed by atoms with Crippen LogP contribution in [0.3, 0.4) is 0 Å². The molecule has 0 fully saturated rings. The predicted octanol–water partition coefficient (Wildman–Crippen LogP) is 2.85. The molecule has 1 rings (SSSR count). The van der Waals surface area contributed by atoms with Gasteiger partial charge in [0.1, 0.15) is 4.21 Å². The van der Waals surface area contributed by atoms with Crippen LogP contribution in [-0.4, -0.2) is 31.1 Å². The molecule has 6 heteroatoms. The molecular formula is C10H16BrNO2S2. The Hall–Kier alpha value is 0.0900. The molecule has 0 bridgehead atoms. The molecule has 0 aliphatic rings. The highest BCUT2D eigenvalue weighted by Crippen LogP contribution is 2.24. The standard InChI is InChI=1S/C10H16BrNO2S2/c1-3-7-12(8-6-11)16(13,14)10-5-4-9(2)15-10/h4-5H,3,6-8H2,1-2H3. The third kappa shape index (κ3) is 3.29. The van der Waals surface area contributed by atoms with Crippen molar-refractivity contribution in [1.82, 2.24) is 4.31 Å². The van der Waals surface area contributed by atoms with Crippen molar-refractivity contribution in [3.05, 3.63) is 17.0 Å². The molecule has 0 radical (unpaired) electrons. The topological polar surface area (TPSA) is 37.4 Å². The summed E-state index contributed by atoms with van der Waals surface area (Å²) in [5.74, 6) is 0. The maximum absolute atomic E-state index is 12.2. The SMILES string of the molecule is CCCN(CCBr)S(=O)(=O)c1ccc(C)s1. The Labute approximate surface area is 110 Å². The summed E-state index contributed by atoms with van der Waals surface area (Å²) in [5.41, 5.74) is 0. The second kappa shape index (κ2) is 6.14. The van der Waals surface area contributed by atoms with Crippen molar-refractivity contribution in [2.24, 2.45) is 0 Å². The number of nitrogens with zero attached hydrogens (tertiary/aromatic N) is 1. The van der Waals surface area contributed by atoms with Gasteiger partial charge < -0.3 is 0 Å². The zero-order chi connectivity index (χ0) is 12.2. The first-order chi connectivity index (χ1) is 7.52. The quantitative estimate of drug-likeness (QED) is 0.754. The second-order valence-electron chi connectivity index (χ2n) is 3.46. The van der Waals surface area contributed by atoms with E-state index in [0.717, 1.165) is 11.3 Å². The van der Waals surface area contributed by atoms with E-state index in [1.54, 1.807) is 6.07 Å². The number of halogens is 1. The van der Waals surface area contributed by atoms with Crippen LogP contribution in [0.25, 0.3) is 0 Å². The Morgan fingerprint density at radius 3 is 2.50 bits per heavy atom. The molecule has 1 heterocycles. The molecule has 0 aliphatic carbocycles. The molecular weight excluding hydrogens is 310 g/mol. The molecule has 1 aromatic rings. The van der Waals surface area contributed by atoms with E-state index in [2.05, 4.69) is 15.9 Å². The average Bonchev–Trinajstić information content (AvgIpc) is 2.65. The van der Waals surface area contributed by atoms with Gasteiger partial charge in [0.25, 0.3) is 10.0 Å². The molecule has 0 aliphatic heterocycles. The van der Waals surface area contributed by atoms with Gasteiger partial charge in [-0.3, -0.25) is 0 Å². The summed E-state index contributed by atoms with van der Waals surface area (Å²) in [6.07, 6.45) is 0.830. The summed E-state index contributed by atoms with van der Waals surface area (Å²) in [4.78, 5) is 1.02. The molecule has 0 atom stereocenters. The first-order valence-electron chi connectivity index (χ1n) is 5.15. The number of rotatable bonds is 6. The number of thiophene rings is 1. The number of aryl methyl sites for hydroxylation is 1. The van der Waals surface area contributed by atoms with E-state index < -0.39 is 10.0 Å². The molecule has 0 saturated heterocycles. The lowest BCUT2D eigenvalue weighted by atomic mass is 10.5. The van der Waals surface area contributed by atoms with Crippen LogP contribution < -0.4 is 0 Å². The van der Waals surface area contributed by atoms with Gasteiger partial charge in [0.15, 0.2) is 0 Å². The van der Waals surface area contributed by atoms with Gasteiger partial charge in [-0.25, -0.2) is 8.42 Å². The molecule has 92 valence electrons. The lowest BCUT2D eigenvalue weighted by Gasteiger charge is -2.19. The minimum absolute atomic E-state index is 0.444. The van der Waals surface area contributed by atoms with E-state index in [0.29, 0.717) is 22.6 Å². The van der Waals surface area contributed by atoms with E-state index in [1.807, 2.05) is 19.9 Å². The number of alkyl halides is 1. The van der Waals surface area contributed by atoms with Gasteiger partial charge in [0.2, 0.25) is 0 Å². The molecule has 0 unspecified atom stereocenters. The summed E-state index contributed by atoms with van der Waals surface area (Å²) in [7, 11) is -3.28. The number of hydrogen-bond acceptors (Lipinski definition) is 3. The third-order valence-electron chi connectivity index (χ3n) is 2.12. The van der Waals surface area contributed by atoms with Crippen LogP contribution in [0.4, 0.5) is 0 Å². The fourth-order valence-electron chi connectivity index (χ4n) is 1.37. The maximum atomic E-state index is 12.2. The van der Waals surface area contributed by atoms with Gasteiger partial charge in [0.05, 0.1) is 0 Å². The molecule has 16 heavy (non-hydrogen) atoms. The molecule has 0 amide bonds. The van der Waals surface area contributed by atoms with Gasteiger partial charge in [-0.2, -0.15) is 4.31 Å². The highest BCUT2D eigenvalue weighted by molar-refractivity contribution is 9.09. The van der Waals surface area contributed by atoms with Gasteiger partial charge in [-0.05, 0) is 25.5 Å². The van der Waals surface area contributed by atoms with Crippen molar-refractivity contribution in [3.8, 4) is 0 Å². The Balaban J connectivity index is 2.97. The van der Waals surface area contributed by atoms with Crippen LogP contribution in [-0.2, 0) is 10.0 Å². The lowest BCUT2D eigenvalue weighted by molar-refractivity contribution is 0.431. The molecule has 0 N–H and O–H groups in total. The van der Waals surface area contributed by atoms with Gasteiger partial charge >= 0.3 is 0 Å². The molecule has 0 aromatic carbocycles. The van der Waals surface area contributed by atoms with Crippen LogP contribution in [0.1, 0.15) is 18.2 Å². The summed E-state index contributed by atoms with van der Waals surface area (Å²) in [6.45, 7) is 4.99. The van der Waals surface area contributed by atoms with E-state index in [1.165, 1.54) is 15.6 Å². The summed E-state index contributed by atoms with van der Waals surface area (Å²) in [5, 5.41) is 0.663. The highest BCUT2D eigenvalue weighted by atomic mass is 79.9. The Morgan fingerprint density at radius 2 is 2.06 bits per heavy atom. The maximum Gasteiger partial charge on any atom is 0.252 e. The fourth-order valence-corrected chi connectivity index (χ4v) is 5.01. The van der Waals surface area contributed by atoms with Crippen LogP contribution in [0.15, 0.2) is 16.3 Å². The van der Waals surface area contributed by atoms with Crippen LogP contribution in [0.2, 0.25) is 0 Å². The van der Waals surface area contributed by atoms with Crippen molar-refractivity contribution >= 4 is 37.3 Å². The molecule has 0 saturated carbocycles. The van der Waals surface area contributed by atoms with E-state index >= 15 is 0 Å². The van der Waals surface area contributed by atoms with Crippen LogP contribution in [0, 0.1) is 6.92 Å². The smallest absolute Gasteiger partial charge is 0.206 e. The van der Waals surface area contributed by atoms with E-state index in [-0.39, 0.29) is 0 Å². The van der Waals surface area contributed by atoms with Gasteiger partial charge in [-0.1, -0.05) is 22.9 Å². The zero-order valence-corrected chi connectivity index (χ0v) is 12.7. The normalized spacial score (nSPS) is 12.2.